The zero-order valence-corrected chi connectivity index (χ0v) is 21.1. The number of aryl methyl sites for hydroxylation is 2. The number of aromatic nitrogens is 1. The van der Waals surface area contributed by atoms with Gasteiger partial charge < -0.3 is 4.42 Å². The SMILES string of the molecule is Cc1ccc2c(oc3c4c(ccc32)-c2ccccc2C42CCCC2)c1-c1cc(C(C)C)cc[n+]1C. The van der Waals surface area contributed by atoms with Gasteiger partial charge >= 0.3 is 0 Å². The first-order chi connectivity index (χ1) is 17.0. The van der Waals surface area contributed by atoms with Gasteiger partial charge in [0.1, 0.15) is 18.2 Å². The summed E-state index contributed by atoms with van der Waals surface area (Å²) in [5.41, 5.74) is 13.0. The van der Waals surface area contributed by atoms with Gasteiger partial charge in [-0.05, 0) is 59.6 Å². The van der Waals surface area contributed by atoms with E-state index in [9.17, 15) is 0 Å². The van der Waals surface area contributed by atoms with Crippen LogP contribution in [0.4, 0.5) is 0 Å². The Bertz CT molecular complexity index is 1650. The van der Waals surface area contributed by atoms with E-state index >= 15 is 0 Å². The highest BCUT2D eigenvalue weighted by Crippen LogP contribution is 2.59. The molecular formula is C33H32NO+. The minimum absolute atomic E-state index is 0.0940. The van der Waals surface area contributed by atoms with Gasteiger partial charge in [0.2, 0.25) is 5.69 Å². The Morgan fingerprint density at radius 2 is 1.60 bits per heavy atom. The Labute approximate surface area is 207 Å². The summed E-state index contributed by atoms with van der Waals surface area (Å²) in [6.07, 6.45) is 7.18. The van der Waals surface area contributed by atoms with Crippen LogP contribution >= 0.6 is 0 Å². The van der Waals surface area contributed by atoms with Crippen molar-refractivity contribution in [1.29, 1.82) is 0 Å². The maximum atomic E-state index is 7.02. The lowest BCUT2D eigenvalue weighted by Gasteiger charge is -2.26. The summed E-state index contributed by atoms with van der Waals surface area (Å²) in [5, 5.41) is 2.48. The molecule has 2 aromatic heterocycles. The van der Waals surface area contributed by atoms with Crippen molar-refractivity contribution >= 4 is 21.9 Å². The van der Waals surface area contributed by atoms with Crippen LogP contribution in [0.15, 0.2) is 71.3 Å². The smallest absolute Gasteiger partial charge is 0.216 e. The summed E-state index contributed by atoms with van der Waals surface area (Å²) in [6, 6.07) is 22.8. The van der Waals surface area contributed by atoms with Crippen LogP contribution in [0.3, 0.4) is 0 Å². The van der Waals surface area contributed by atoms with Gasteiger partial charge in [0, 0.05) is 33.9 Å². The normalized spacial score (nSPS) is 16.0. The number of pyridine rings is 1. The van der Waals surface area contributed by atoms with Crippen molar-refractivity contribution in [1.82, 2.24) is 0 Å². The molecule has 5 aromatic rings. The summed E-state index contributed by atoms with van der Waals surface area (Å²) >= 11 is 0. The fraction of sp³-hybridized carbons (Fsp3) is 0.303. The number of nitrogens with zero attached hydrogens (tertiary/aromatic N) is 1. The first-order valence-electron chi connectivity index (χ1n) is 13.1. The number of hydrogen-bond acceptors (Lipinski definition) is 1. The van der Waals surface area contributed by atoms with E-state index in [0.29, 0.717) is 5.92 Å². The average molecular weight is 459 g/mol. The number of fused-ring (bicyclic) bond motifs is 9. The summed E-state index contributed by atoms with van der Waals surface area (Å²) in [5.74, 6) is 0.481. The Morgan fingerprint density at radius 1 is 0.857 bits per heavy atom. The first kappa shape index (κ1) is 20.9. The number of hydrogen-bond donors (Lipinski definition) is 0. The molecule has 1 fully saturated rings. The molecule has 0 unspecified atom stereocenters. The van der Waals surface area contributed by atoms with Crippen LogP contribution in [0.2, 0.25) is 0 Å². The van der Waals surface area contributed by atoms with Crippen LogP contribution < -0.4 is 4.57 Å². The molecule has 0 radical (unpaired) electrons. The molecule has 0 N–H and O–H groups in total. The van der Waals surface area contributed by atoms with E-state index < -0.39 is 0 Å². The molecule has 0 amide bonds. The minimum atomic E-state index is 0.0940. The predicted molar refractivity (Wildman–Crippen MR) is 144 cm³/mol. The first-order valence-corrected chi connectivity index (χ1v) is 13.1. The standard InChI is InChI=1S/C33H32NO/c1-20(2)22-15-18-34(4)28(19-22)29-21(3)11-12-25-26-14-13-24-23-9-5-6-10-27(23)33(16-7-8-17-33)30(24)32(26)35-31(25)29/h5-6,9-15,18-20H,7-8,16-17H2,1-4H3/q+1. The van der Waals surface area contributed by atoms with Gasteiger partial charge in [-0.25, -0.2) is 4.57 Å². The lowest BCUT2D eigenvalue weighted by Crippen LogP contribution is -2.31. The Morgan fingerprint density at radius 3 is 2.40 bits per heavy atom. The second kappa shape index (κ2) is 7.31. The zero-order chi connectivity index (χ0) is 23.9. The van der Waals surface area contributed by atoms with E-state index in [-0.39, 0.29) is 5.41 Å². The van der Waals surface area contributed by atoms with Gasteiger partial charge in [0.25, 0.3) is 0 Å². The molecule has 1 spiro atoms. The molecule has 0 aliphatic heterocycles. The van der Waals surface area contributed by atoms with Crippen molar-refractivity contribution in [3.8, 4) is 22.4 Å². The van der Waals surface area contributed by atoms with Gasteiger partial charge in [-0.3, -0.25) is 0 Å². The monoisotopic (exact) mass is 458 g/mol. The molecule has 3 aromatic carbocycles. The number of furan rings is 1. The molecule has 2 aliphatic carbocycles. The highest BCUT2D eigenvalue weighted by atomic mass is 16.3. The molecule has 0 bridgehead atoms. The predicted octanol–water partition coefficient (Wildman–Crippen LogP) is 8.35. The van der Waals surface area contributed by atoms with Crippen molar-refractivity contribution in [2.75, 3.05) is 0 Å². The average Bonchev–Trinajstić information content (AvgIpc) is 3.56. The molecule has 2 heterocycles. The zero-order valence-electron chi connectivity index (χ0n) is 21.1. The fourth-order valence-electron chi connectivity index (χ4n) is 6.98. The van der Waals surface area contributed by atoms with E-state index in [0.717, 1.165) is 11.2 Å². The van der Waals surface area contributed by atoms with E-state index in [2.05, 4.69) is 99.2 Å². The second-order valence-electron chi connectivity index (χ2n) is 11.0. The Hall–Kier alpha value is -3.39. The molecule has 7 rings (SSSR count). The molecular weight excluding hydrogens is 426 g/mol. The summed E-state index contributed by atoms with van der Waals surface area (Å²) in [6.45, 7) is 6.73. The summed E-state index contributed by atoms with van der Waals surface area (Å²) in [7, 11) is 2.14. The topological polar surface area (TPSA) is 17.0 Å². The second-order valence-corrected chi connectivity index (χ2v) is 11.0. The fourth-order valence-corrected chi connectivity index (χ4v) is 6.98. The molecule has 174 valence electrons. The third-order valence-corrected chi connectivity index (χ3v) is 8.78. The molecule has 0 saturated heterocycles. The molecule has 1 saturated carbocycles. The van der Waals surface area contributed by atoms with Crippen molar-refractivity contribution < 1.29 is 8.98 Å². The van der Waals surface area contributed by atoms with Crippen molar-refractivity contribution in [3.63, 3.8) is 0 Å². The maximum absolute atomic E-state index is 7.02. The lowest BCUT2D eigenvalue weighted by molar-refractivity contribution is -0.660. The van der Waals surface area contributed by atoms with Crippen LogP contribution in [0, 0.1) is 6.92 Å². The molecule has 0 atom stereocenters. The van der Waals surface area contributed by atoms with Crippen molar-refractivity contribution in [3.05, 3.63) is 89.1 Å². The third-order valence-electron chi connectivity index (χ3n) is 8.78. The molecule has 2 nitrogen and oxygen atoms in total. The van der Waals surface area contributed by atoms with Gasteiger partial charge in [0.15, 0.2) is 6.20 Å². The van der Waals surface area contributed by atoms with E-state index in [4.69, 9.17) is 4.42 Å². The van der Waals surface area contributed by atoms with Gasteiger partial charge in [-0.1, -0.05) is 69.2 Å². The quantitative estimate of drug-likeness (QED) is 0.243. The van der Waals surface area contributed by atoms with Crippen LogP contribution in [-0.2, 0) is 12.5 Å². The highest BCUT2D eigenvalue weighted by molar-refractivity contribution is 6.12. The van der Waals surface area contributed by atoms with Crippen LogP contribution in [-0.4, -0.2) is 0 Å². The summed E-state index contributed by atoms with van der Waals surface area (Å²) in [4.78, 5) is 0. The van der Waals surface area contributed by atoms with Crippen LogP contribution in [0.25, 0.3) is 44.3 Å². The summed E-state index contributed by atoms with van der Waals surface area (Å²) < 4.78 is 9.26. The Balaban J connectivity index is 1.57. The van der Waals surface area contributed by atoms with Gasteiger partial charge in [-0.2, -0.15) is 0 Å². The molecule has 35 heavy (non-hydrogen) atoms. The molecule has 2 aliphatic rings. The highest BCUT2D eigenvalue weighted by Gasteiger charge is 2.47. The van der Waals surface area contributed by atoms with Crippen LogP contribution in [0.5, 0.6) is 0 Å². The minimum Gasteiger partial charge on any atom is -0.455 e. The van der Waals surface area contributed by atoms with Crippen molar-refractivity contribution in [2.45, 2.75) is 57.8 Å². The number of benzene rings is 3. The Kier molecular flexibility index (Phi) is 4.37. The van der Waals surface area contributed by atoms with E-state index in [1.54, 1.807) is 0 Å². The van der Waals surface area contributed by atoms with Gasteiger partial charge in [0.05, 0.1) is 5.56 Å². The number of rotatable bonds is 2. The lowest BCUT2D eigenvalue weighted by atomic mass is 9.76. The van der Waals surface area contributed by atoms with Crippen molar-refractivity contribution in [2.24, 2.45) is 7.05 Å². The van der Waals surface area contributed by atoms with E-state index in [1.807, 2.05) is 0 Å². The van der Waals surface area contributed by atoms with E-state index in [1.165, 1.54) is 81.1 Å². The van der Waals surface area contributed by atoms with Gasteiger partial charge in [-0.15, -0.1) is 0 Å². The largest absolute Gasteiger partial charge is 0.455 e. The molecule has 2 heteroatoms. The third kappa shape index (κ3) is 2.74. The van der Waals surface area contributed by atoms with Crippen LogP contribution in [0.1, 0.15) is 67.7 Å². The maximum Gasteiger partial charge on any atom is 0.216 e.